The second-order valence-electron chi connectivity index (χ2n) is 7.24. The molecule has 5 heteroatoms. The van der Waals surface area contributed by atoms with Gasteiger partial charge in [0.2, 0.25) is 0 Å². The number of pyridine rings is 1. The van der Waals surface area contributed by atoms with Crippen LogP contribution in [0, 0.1) is 18.8 Å². The molecule has 1 heterocycles. The number of anilines is 2. The van der Waals surface area contributed by atoms with Gasteiger partial charge in [-0.25, -0.2) is 4.98 Å². The molecule has 25 heavy (non-hydrogen) atoms. The highest BCUT2D eigenvalue weighted by atomic mass is 35.5. The maximum absolute atomic E-state index is 12.8. The van der Waals surface area contributed by atoms with Crippen LogP contribution in [0.4, 0.5) is 11.5 Å². The number of nitrogens with zero attached hydrogens (tertiary/aromatic N) is 1. The molecule has 0 saturated heterocycles. The molecule has 1 aromatic carbocycles. The topological polar surface area (TPSA) is 54.0 Å². The van der Waals surface area contributed by atoms with Gasteiger partial charge < -0.3 is 10.6 Å². The van der Waals surface area contributed by atoms with Crippen molar-refractivity contribution in [2.75, 3.05) is 5.32 Å². The Kier molecular flexibility index (Phi) is 4.38. The van der Waals surface area contributed by atoms with Crippen molar-refractivity contribution < 1.29 is 4.79 Å². The lowest BCUT2D eigenvalue weighted by atomic mass is 9.95. The maximum Gasteiger partial charge on any atom is 0.255 e. The first-order valence-corrected chi connectivity index (χ1v) is 9.27. The fourth-order valence-corrected chi connectivity index (χ4v) is 4.38. The molecule has 1 amide bonds. The lowest BCUT2D eigenvalue weighted by molar-refractivity contribution is 0.0923. The van der Waals surface area contributed by atoms with Gasteiger partial charge in [0.25, 0.3) is 5.91 Å². The third-order valence-corrected chi connectivity index (χ3v) is 5.79. The van der Waals surface area contributed by atoms with Gasteiger partial charge in [0.05, 0.1) is 5.56 Å². The highest BCUT2D eigenvalue weighted by Crippen LogP contribution is 2.44. The lowest BCUT2D eigenvalue weighted by Crippen LogP contribution is -2.38. The summed E-state index contributed by atoms with van der Waals surface area (Å²) in [6.45, 7) is 2.00. The van der Waals surface area contributed by atoms with E-state index in [4.69, 9.17) is 11.6 Å². The number of hydrogen-bond donors (Lipinski definition) is 2. The van der Waals surface area contributed by atoms with Crippen LogP contribution in [0.25, 0.3) is 0 Å². The van der Waals surface area contributed by atoms with Crippen LogP contribution < -0.4 is 10.6 Å². The molecule has 130 valence electrons. The van der Waals surface area contributed by atoms with E-state index in [1.54, 1.807) is 12.3 Å². The van der Waals surface area contributed by atoms with Gasteiger partial charge >= 0.3 is 0 Å². The van der Waals surface area contributed by atoms with E-state index in [0.29, 0.717) is 28.4 Å². The normalized spacial score (nSPS) is 24.3. The second-order valence-corrected chi connectivity index (χ2v) is 7.68. The molecule has 2 saturated carbocycles. The number of fused-ring (bicyclic) bond motifs is 2. The number of rotatable bonds is 4. The third-order valence-electron chi connectivity index (χ3n) is 5.56. The first kappa shape index (κ1) is 16.4. The predicted molar refractivity (Wildman–Crippen MR) is 100 cm³/mol. The first-order chi connectivity index (χ1) is 12.1. The molecule has 2 bridgehead atoms. The van der Waals surface area contributed by atoms with Crippen LogP contribution in [0.3, 0.4) is 0 Å². The number of carbonyl (C=O) groups is 1. The summed E-state index contributed by atoms with van der Waals surface area (Å²) in [4.78, 5) is 17.2. The van der Waals surface area contributed by atoms with Crippen molar-refractivity contribution in [2.24, 2.45) is 11.8 Å². The van der Waals surface area contributed by atoms with Crippen LogP contribution in [0.5, 0.6) is 0 Å². The number of amides is 1. The third kappa shape index (κ3) is 3.36. The van der Waals surface area contributed by atoms with Gasteiger partial charge in [-0.1, -0.05) is 24.1 Å². The second kappa shape index (κ2) is 6.68. The average Bonchev–Trinajstić information content (AvgIpc) is 3.21. The minimum atomic E-state index is -0.0483. The van der Waals surface area contributed by atoms with E-state index in [1.165, 1.54) is 19.3 Å². The van der Waals surface area contributed by atoms with Gasteiger partial charge in [-0.3, -0.25) is 4.79 Å². The van der Waals surface area contributed by atoms with Crippen LogP contribution in [-0.2, 0) is 0 Å². The Labute approximate surface area is 153 Å². The van der Waals surface area contributed by atoms with Crippen molar-refractivity contribution in [3.8, 4) is 0 Å². The fourth-order valence-electron chi connectivity index (χ4n) is 4.21. The van der Waals surface area contributed by atoms with Crippen LogP contribution in [0.2, 0.25) is 5.02 Å². The highest BCUT2D eigenvalue weighted by molar-refractivity contribution is 6.30. The molecule has 4 rings (SSSR count). The molecule has 1 aromatic heterocycles. The predicted octanol–water partition coefficient (Wildman–Crippen LogP) is 4.71. The number of benzene rings is 1. The summed E-state index contributed by atoms with van der Waals surface area (Å²) in [6, 6.07) is 9.57. The Bertz CT molecular complexity index is 807. The summed E-state index contributed by atoms with van der Waals surface area (Å²) in [7, 11) is 0. The van der Waals surface area contributed by atoms with Crippen molar-refractivity contribution in [3.63, 3.8) is 0 Å². The van der Waals surface area contributed by atoms with Crippen LogP contribution in [0.15, 0.2) is 36.5 Å². The number of aryl methyl sites for hydroxylation is 1. The maximum atomic E-state index is 12.8. The van der Waals surface area contributed by atoms with Gasteiger partial charge in [0, 0.05) is 22.9 Å². The molecule has 3 atom stereocenters. The number of aromatic nitrogens is 1. The van der Waals surface area contributed by atoms with Crippen molar-refractivity contribution in [2.45, 2.75) is 38.6 Å². The standard InChI is InChI=1S/C20H22ClN3O/c1-12-4-7-15(21)11-17(12)23-19-16(3-2-8-22-19)20(25)24-18-10-13-5-6-14(18)9-13/h2-4,7-8,11,13-14,18H,5-6,9-10H2,1H3,(H,22,23)(H,24,25)/t13-,14+,18-/m0/s1. The van der Waals surface area contributed by atoms with E-state index in [0.717, 1.165) is 23.6 Å². The van der Waals surface area contributed by atoms with Crippen molar-refractivity contribution in [3.05, 3.63) is 52.7 Å². The van der Waals surface area contributed by atoms with Gasteiger partial charge in [-0.2, -0.15) is 0 Å². The molecule has 2 aromatic rings. The number of halogens is 1. The molecule has 0 spiro atoms. The first-order valence-electron chi connectivity index (χ1n) is 8.89. The van der Waals surface area contributed by atoms with Crippen LogP contribution in [0.1, 0.15) is 41.6 Å². The average molecular weight is 356 g/mol. The Hall–Kier alpha value is -2.07. The minimum Gasteiger partial charge on any atom is -0.349 e. The van der Waals surface area contributed by atoms with Crippen LogP contribution in [-0.4, -0.2) is 16.9 Å². The van der Waals surface area contributed by atoms with Gasteiger partial charge in [0.1, 0.15) is 5.82 Å². The van der Waals surface area contributed by atoms with E-state index >= 15 is 0 Å². The largest absolute Gasteiger partial charge is 0.349 e. The quantitative estimate of drug-likeness (QED) is 0.835. The van der Waals surface area contributed by atoms with Gasteiger partial charge in [-0.15, -0.1) is 0 Å². The Morgan fingerprint density at radius 1 is 1.24 bits per heavy atom. The van der Waals surface area contributed by atoms with Crippen molar-refractivity contribution in [1.29, 1.82) is 0 Å². The lowest BCUT2D eigenvalue weighted by Gasteiger charge is -2.23. The van der Waals surface area contributed by atoms with E-state index in [9.17, 15) is 4.79 Å². The van der Waals surface area contributed by atoms with E-state index < -0.39 is 0 Å². The van der Waals surface area contributed by atoms with E-state index in [-0.39, 0.29) is 5.91 Å². The number of hydrogen-bond acceptors (Lipinski definition) is 3. The molecule has 2 N–H and O–H groups in total. The zero-order valence-corrected chi connectivity index (χ0v) is 15.0. The summed E-state index contributed by atoms with van der Waals surface area (Å²) in [5.74, 6) is 1.97. The Morgan fingerprint density at radius 3 is 2.88 bits per heavy atom. The zero-order chi connectivity index (χ0) is 17.4. The Morgan fingerprint density at radius 2 is 2.12 bits per heavy atom. The zero-order valence-electron chi connectivity index (χ0n) is 14.3. The molecule has 2 aliphatic carbocycles. The van der Waals surface area contributed by atoms with Crippen molar-refractivity contribution >= 4 is 29.0 Å². The van der Waals surface area contributed by atoms with Crippen molar-refractivity contribution in [1.82, 2.24) is 10.3 Å². The summed E-state index contributed by atoms with van der Waals surface area (Å²) in [6.07, 6.45) is 6.65. The summed E-state index contributed by atoms with van der Waals surface area (Å²) < 4.78 is 0. The molecular formula is C20H22ClN3O. The molecule has 4 nitrogen and oxygen atoms in total. The molecule has 2 fully saturated rings. The monoisotopic (exact) mass is 355 g/mol. The molecule has 0 radical (unpaired) electrons. The van der Waals surface area contributed by atoms with E-state index in [2.05, 4.69) is 15.6 Å². The fraction of sp³-hybridized carbons (Fsp3) is 0.400. The number of nitrogens with one attached hydrogen (secondary N) is 2. The molecular weight excluding hydrogens is 334 g/mol. The molecule has 0 unspecified atom stereocenters. The van der Waals surface area contributed by atoms with Gasteiger partial charge in [-0.05, 0) is 67.9 Å². The summed E-state index contributed by atoms with van der Waals surface area (Å²) >= 11 is 6.10. The molecule has 0 aliphatic heterocycles. The SMILES string of the molecule is Cc1ccc(Cl)cc1Nc1ncccc1C(=O)N[C@H]1C[C@H]2CC[C@@H]1C2. The summed E-state index contributed by atoms with van der Waals surface area (Å²) in [5.41, 5.74) is 2.49. The Balaban J connectivity index is 1.54. The smallest absolute Gasteiger partial charge is 0.255 e. The molecule has 2 aliphatic rings. The van der Waals surface area contributed by atoms with E-state index in [1.807, 2.05) is 31.2 Å². The van der Waals surface area contributed by atoms with Gasteiger partial charge in [0.15, 0.2) is 0 Å². The van der Waals surface area contributed by atoms with Crippen LogP contribution >= 0.6 is 11.6 Å². The highest BCUT2D eigenvalue weighted by Gasteiger charge is 2.40. The number of carbonyl (C=O) groups excluding carboxylic acids is 1. The minimum absolute atomic E-state index is 0.0483. The summed E-state index contributed by atoms with van der Waals surface area (Å²) in [5, 5.41) is 7.15.